The number of rotatable bonds is 5. The minimum atomic E-state index is -0.969. The topological polar surface area (TPSA) is 94.1 Å². The summed E-state index contributed by atoms with van der Waals surface area (Å²) in [6, 6.07) is 11.1. The summed E-state index contributed by atoms with van der Waals surface area (Å²) in [6.45, 7) is 1.94. The van der Waals surface area contributed by atoms with Gasteiger partial charge in [0.1, 0.15) is 5.75 Å². The number of ether oxygens (including phenoxy) is 3. The number of carbonyl (C=O) groups excluding carboxylic acids is 2. The average Bonchev–Trinajstić information content (AvgIpc) is 3.07. The highest BCUT2D eigenvalue weighted by molar-refractivity contribution is 5.92. The van der Waals surface area contributed by atoms with Gasteiger partial charge in [-0.25, -0.2) is 4.79 Å². The van der Waals surface area contributed by atoms with E-state index >= 15 is 0 Å². The first-order valence-corrected chi connectivity index (χ1v) is 7.69. The molecule has 25 heavy (non-hydrogen) atoms. The predicted octanol–water partition coefficient (Wildman–Crippen LogP) is 1.98. The smallest absolute Gasteiger partial charge is 0.339 e. The number of benzene rings is 2. The van der Waals surface area contributed by atoms with Gasteiger partial charge in [0.15, 0.2) is 17.6 Å². The molecule has 0 spiro atoms. The standard InChI is InChI=1S/C18H17NO6/c1-11(25-18(22)13-3-2-4-14(20)8-13)17(21)19-9-12-5-6-15-16(7-12)24-10-23-15/h2-8,11,20H,9-10H2,1H3,(H,19,21)/t11-/m0/s1. The van der Waals surface area contributed by atoms with E-state index in [0.29, 0.717) is 11.5 Å². The third-order valence-corrected chi connectivity index (χ3v) is 3.64. The Labute approximate surface area is 144 Å². The third-order valence-electron chi connectivity index (χ3n) is 3.64. The Morgan fingerprint density at radius 2 is 2.00 bits per heavy atom. The lowest BCUT2D eigenvalue weighted by molar-refractivity contribution is -0.129. The summed E-state index contributed by atoms with van der Waals surface area (Å²) in [7, 11) is 0. The van der Waals surface area contributed by atoms with E-state index in [1.54, 1.807) is 12.1 Å². The summed E-state index contributed by atoms with van der Waals surface area (Å²) in [6.07, 6.45) is -0.969. The Kier molecular flexibility index (Phi) is 4.74. The molecule has 0 saturated carbocycles. The molecule has 1 amide bonds. The lowest BCUT2D eigenvalue weighted by Gasteiger charge is -2.14. The maximum absolute atomic E-state index is 12.1. The van der Waals surface area contributed by atoms with Crippen LogP contribution in [0.3, 0.4) is 0 Å². The third kappa shape index (κ3) is 4.00. The quantitative estimate of drug-likeness (QED) is 0.806. The van der Waals surface area contributed by atoms with Crippen LogP contribution in [0.2, 0.25) is 0 Å². The molecule has 0 unspecified atom stereocenters. The molecule has 2 aromatic carbocycles. The number of aromatic hydroxyl groups is 1. The van der Waals surface area contributed by atoms with Gasteiger partial charge in [0.05, 0.1) is 5.56 Å². The molecule has 3 rings (SSSR count). The maximum atomic E-state index is 12.1. The van der Waals surface area contributed by atoms with Crippen LogP contribution in [0.15, 0.2) is 42.5 Å². The van der Waals surface area contributed by atoms with Crippen LogP contribution in [0.5, 0.6) is 17.2 Å². The molecule has 1 aliphatic heterocycles. The molecule has 2 N–H and O–H groups in total. The van der Waals surface area contributed by atoms with E-state index in [1.165, 1.54) is 31.2 Å². The Hall–Kier alpha value is -3.22. The van der Waals surface area contributed by atoms with Gasteiger partial charge in [-0.15, -0.1) is 0 Å². The number of hydrogen-bond acceptors (Lipinski definition) is 6. The molecule has 0 bridgehead atoms. The van der Waals surface area contributed by atoms with E-state index in [9.17, 15) is 14.7 Å². The first-order valence-electron chi connectivity index (χ1n) is 7.69. The van der Waals surface area contributed by atoms with E-state index < -0.39 is 18.0 Å². The van der Waals surface area contributed by atoms with Crippen molar-refractivity contribution in [3.05, 3.63) is 53.6 Å². The summed E-state index contributed by atoms with van der Waals surface area (Å²) in [5, 5.41) is 12.1. The van der Waals surface area contributed by atoms with E-state index in [2.05, 4.69) is 5.32 Å². The molecule has 2 aromatic rings. The number of phenolic OH excluding ortho intramolecular Hbond substituents is 1. The van der Waals surface area contributed by atoms with Gasteiger partial charge >= 0.3 is 5.97 Å². The van der Waals surface area contributed by atoms with Crippen molar-refractivity contribution < 1.29 is 28.9 Å². The van der Waals surface area contributed by atoms with Crippen LogP contribution in [0.1, 0.15) is 22.8 Å². The minimum absolute atomic E-state index is 0.0469. The minimum Gasteiger partial charge on any atom is -0.508 e. The zero-order valence-electron chi connectivity index (χ0n) is 13.5. The van der Waals surface area contributed by atoms with Crippen molar-refractivity contribution >= 4 is 11.9 Å². The molecule has 0 aliphatic carbocycles. The number of amides is 1. The summed E-state index contributed by atoms with van der Waals surface area (Å²) in [4.78, 5) is 24.1. The fraction of sp³-hybridized carbons (Fsp3) is 0.222. The predicted molar refractivity (Wildman–Crippen MR) is 87.4 cm³/mol. The molecule has 1 atom stereocenters. The van der Waals surface area contributed by atoms with Crippen molar-refractivity contribution in [1.29, 1.82) is 0 Å². The Morgan fingerprint density at radius 1 is 1.20 bits per heavy atom. The number of hydrogen-bond donors (Lipinski definition) is 2. The van der Waals surface area contributed by atoms with E-state index in [0.717, 1.165) is 5.56 Å². The van der Waals surface area contributed by atoms with Crippen LogP contribution in [-0.2, 0) is 16.1 Å². The van der Waals surface area contributed by atoms with Crippen molar-refractivity contribution in [1.82, 2.24) is 5.32 Å². The van der Waals surface area contributed by atoms with Gasteiger partial charge in [-0.2, -0.15) is 0 Å². The van der Waals surface area contributed by atoms with Crippen LogP contribution in [0, 0.1) is 0 Å². The van der Waals surface area contributed by atoms with Crippen molar-refractivity contribution in [2.45, 2.75) is 19.6 Å². The van der Waals surface area contributed by atoms with Crippen LogP contribution < -0.4 is 14.8 Å². The fourth-order valence-corrected chi connectivity index (χ4v) is 2.30. The Balaban J connectivity index is 1.53. The summed E-state index contributed by atoms with van der Waals surface area (Å²) in [5.41, 5.74) is 1.01. The van der Waals surface area contributed by atoms with Crippen LogP contribution in [0.25, 0.3) is 0 Å². The molecule has 0 saturated heterocycles. The highest BCUT2D eigenvalue weighted by Crippen LogP contribution is 2.32. The summed E-state index contributed by atoms with van der Waals surface area (Å²) in [5.74, 6) is 0.153. The first kappa shape index (κ1) is 16.6. The molecule has 1 heterocycles. The number of esters is 1. The molecule has 1 aliphatic rings. The number of carbonyl (C=O) groups is 2. The van der Waals surface area contributed by atoms with E-state index in [4.69, 9.17) is 14.2 Å². The van der Waals surface area contributed by atoms with Gasteiger partial charge in [0.2, 0.25) is 6.79 Å². The van der Waals surface area contributed by atoms with Crippen molar-refractivity contribution in [2.24, 2.45) is 0 Å². The van der Waals surface area contributed by atoms with Crippen molar-refractivity contribution in [2.75, 3.05) is 6.79 Å². The second kappa shape index (κ2) is 7.12. The largest absolute Gasteiger partial charge is 0.508 e. The van der Waals surface area contributed by atoms with Crippen LogP contribution in [-0.4, -0.2) is 29.9 Å². The molecule has 130 valence electrons. The van der Waals surface area contributed by atoms with Crippen molar-refractivity contribution in [3.8, 4) is 17.2 Å². The Morgan fingerprint density at radius 3 is 2.80 bits per heavy atom. The molecule has 0 aromatic heterocycles. The molecule has 7 heteroatoms. The highest BCUT2D eigenvalue weighted by Gasteiger charge is 2.19. The number of phenols is 1. The summed E-state index contributed by atoms with van der Waals surface area (Å²) < 4.78 is 15.6. The number of nitrogens with one attached hydrogen (secondary N) is 1. The highest BCUT2D eigenvalue weighted by atomic mass is 16.7. The second-order valence-corrected chi connectivity index (χ2v) is 5.50. The normalized spacial score (nSPS) is 13.2. The lowest BCUT2D eigenvalue weighted by atomic mass is 10.2. The zero-order chi connectivity index (χ0) is 17.8. The zero-order valence-corrected chi connectivity index (χ0v) is 13.5. The molecule has 7 nitrogen and oxygen atoms in total. The lowest BCUT2D eigenvalue weighted by Crippen LogP contribution is -2.35. The van der Waals surface area contributed by atoms with Gasteiger partial charge in [0, 0.05) is 6.54 Å². The maximum Gasteiger partial charge on any atom is 0.339 e. The fourth-order valence-electron chi connectivity index (χ4n) is 2.30. The molecule has 0 radical (unpaired) electrons. The van der Waals surface area contributed by atoms with E-state index in [1.807, 2.05) is 6.07 Å². The molecule has 0 fully saturated rings. The SMILES string of the molecule is C[C@H](OC(=O)c1cccc(O)c1)C(=O)NCc1ccc2c(c1)OCO2. The van der Waals surface area contributed by atoms with Gasteiger partial charge in [-0.3, -0.25) is 4.79 Å². The molecular formula is C18H17NO6. The average molecular weight is 343 g/mol. The first-order chi connectivity index (χ1) is 12.0. The van der Waals surface area contributed by atoms with Gasteiger partial charge in [0.25, 0.3) is 5.91 Å². The van der Waals surface area contributed by atoms with Crippen LogP contribution >= 0.6 is 0 Å². The summed E-state index contributed by atoms with van der Waals surface area (Å²) >= 11 is 0. The van der Waals surface area contributed by atoms with E-state index in [-0.39, 0.29) is 24.7 Å². The molecular weight excluding hydrogens is 326 g/mol. The monoisotopic (exact) mass is 343 g/mol. The van der Waals surface area contributed by atoms with Crippen LogP contribution in [0.4, 0.5) is 0 Å². The van der Waals surface area contributed by atoms with Crippen molar-refractivity contribution in [3.63, 3.8) is 0 Å². The Bertz CT molecular complexity index is 804. The van der Waals surface area contributed by atoms with Gasteiger partial charge in [-0.1, -0.05) is 12.1 Å². The number of fused-ring (bicyclic) bond motifs is 1. The second-order valence-electron chi connectivity index (χ2n) is 5.50. The van der Waals surface area contributed by atoms with Gasteiger partial charge < -0.3 is 24.6 Å². The van der Waals surface area contributed by atoms with Gasteiger partial charge in [-0.05, 0) is 42.8 Å².